The van der Waals surface area contributed by atoms with E-state index in [1.165, 1.54) is 13.0 Å². The number of aliphatic hydroxyl groups is 1. The lowest BCUT2D eigenvalue weighted by atomic mass is 10.2. The fourth-order valence-electron chi connectivity index (χ4n) is 1.18. The Labute approximate surface area is 123 Å². The van der Waals surface area contributed by atoms with Crippen molar-refractivity contribution in [1.29, 1.82) is 0 Å². The zero-order chi connectivity index (χ0) is 15.9. The van der Waals surface area contributed by atoms with Gasteiger partial charge in [0.2, 0.25) is 0 Å². The molecule has 0 saturated carbocycles. The summed E-state index contributed by atoms with van der Waals surface area (Å²) in [6.45, 7) is 3.17. The van der Waals surface area contributed by atoms with Crippen LogP contribution in [0.3, 0.4) is 0 Å². The maximum atomic E-state index is 11.2. The molecule has 0 aliphatic heterocycles. The second kappa shape index (κ2) is 13.3. The monoisotopic (exact) mass is 305 g/mol. The van der Waals surface area contributed by atoms with Gasteiger partial charge in [0, 0.05) is 12.1 Å². The van der Waals surface area contributed by atoms with Gasteiger partial charge >= 0.3 is 12.1 Å². The number of ether oxygens (including phenoxy) is 3. The van der Waals surface area contributed by atoms with Gasteiger partial charge in [-0.2, -0.15) is 0 Å². The van der Waals surface area contributed by atoms with Crippen LogP contribution >= 0.6 is 0 Å². The Kier molecular flexibility index (Phi) is 12.3. The van der Waals surface area contributed by atoms with Crippen LogP contribution in [0.15, 0.2) is 11.6 Å². The molecule has 0 aromatic rings. The third-order valence-corrected chi connectivity index (χ3v) is 2.27. The number of aliphatic carboxylic acids is 1. The van der Waals surface area contributed by atoms with Gasteiger partial charge in [-0.3, -0.25) is 0 Å². The minimum absolute atomic E-state index is 0.0234. The number of amides is 1. The summed E-state index contributed by atoms with van der Waals surface area (Å²) in [6.07, 6.45) is 1.38. The van der Waals surface area contributed by atoms with Crippen molar-refractivity contribution in [1.82, 2.24) is 5.32 Å². The summed E-state index contributed by atoms with van der Waals surface area (Å²) in [4.78, 5) is 21.7. The quantitative estimate of drug-likeness (QED) is 0.347. The normalized spacial score (nSPS) is 11.2. The summed E-state index contributed by atoms with van der Waals surface area (Å²) < 4.78 is 14.9. The first-order valence-electron chi connectivity index (χ1n) is 6.65. The average Bonchev–Trinajstić information content (AvgIpc) is 2.46. The molecule has 0 bridgehead atoms. The van der Waals surface area contributed by atoms with E-state index in [0.717, 1.165) is 0 Å². The summed E-state index contributed by atoms with van der Waals surface area (Å²) >= 11 is 0. The highest BCUT2D eigenvalue weighted by atomic mass is 16.6. The zero-order valence-corrected chi connectivity index (χ0v) is 12.2. The Morgan fingerprint density at radius 3 is 2.33 bits per heavy atom. The largest absolute Gasteiger partial charge is 0.478 e. The maximum Gasteiger partial charge on any atom is 0.407 e. The number of hydrogen-bond donors (Lipinski definition) is 3. The van der Waals surface area contributed by atoms with Crippen molar-refractivity contribution in [3.8, 4) is 0 Å². The fraction of sp³-hybridized carbons (Fsp3) is 0.692. The van der Waals surface area contributed by atoms with Crippen LogP contribution in [0.25, 0.3) is 0 Å². The first-order chi connectivity index (χ1) is 10.1. The van der Waals surface area contributed by atoms with E-state index in [0.29, 0.717) is 26.2 Å². The van der Waals surface area contributed by atoms with E-state index in [1.54, 1.807) is 0 Å². The number of hydrogen-bond acceptors (Lipinski definition) is 6. The molecule has 0 unspecified atom stereocenters. The molecule has 0 atom stereocenters. The van der Waals surface area contributed by atoms with Crippen molar-refractivity contribution >= 4 is 12.1 Å². The summed E-state index contributed by atoms with van der Waals surface area (Å²) in [6, 6.07) is 0. The highest BCUT2D eigenvalue weighted by Crippen LogP contribution is 1.94. The molecule has 0 aliphatic rings. The molecule has 0 spiro atoms. The van der Waals surface area contributed by atoms with E-state index in [4.69, 9.17) is 24.4 Å². The number of alkyl carbamates (subject to hydrolysis) is 1. The van der Waals surface area contributed by atoms with Crippen LogP contribution in [-0.4, -0.2) is 68.5 Å². The Hall–Kier alpha value is -1.64. The van der Waals surface area contributed by atoms with Crippen LogP contribution in [0, 0.1) is 0 Å². The standard InChI is InChI=1S/C13H23NO7/c1-11(12(16)17)3-2-4-14-13(18)21-10-9-20-8-7-19-6-5-15/h3,15H,2,4-10H2,1H3,(H,14,18)(H,16,17)/b11-3+. The molecule has 21 heavy (non-hydrogen) atoms. The fourth-order valence-corrected chi connectivity index (χ4v) is 1.18. The SMILES string of the molecule is C/C(=C\CCNC(=O)OCCOCCOCCO)C(=O)O. The number of carboxylic acid groups (broad SMARTS) is 1. The molecule has 122 valence electrons. The molecule has 3 N–H and O–H groups in total. The lowest BCUT2D eigenvalue weighted by molar-refractivity contribution is -0.132. The lowest BCUT2D eigenvalue weighted by Crippen LogP contribution is -2.26. The molecule has 0 aromatic carbocycles. The zero-order valence-electron chi connectivity index (χ0n) is 12.2. The molecule has 1 amide bonds. The molecular formula is C13H23NO7. The molecule has 0 fully saturated rings. The van der Waals surface area contributed by atoms with E-state index in [-0.39, 0.29) is 32.0 Å². The van der Waals surface area contributed by atoms with Crippen LogP contribution in [0.4, 0.5) is 4.79 Å². The highest BCUT2D eigenvalue weighted by Gasteiger charge is 2.01. The number of rotatable bonds is 12. The van der Waals surface area contributed by atoms with Gasteiger partial charge in [-0.05, 0) is 13.3 Å². The van der Waals surface area contributed by atoms with E-state index >= 15 is 0 Å². The Balaban J connectivity index is 3.39. The van der Waals surface area contributed by atoms with Gasteiger partial charge in [0.05, 0.1) is 33.0 Å². The molecule has 0 aliphatic carbocycles. The molecule has 8 nitrogen and oxygen atoms in total. The summed E-state index contributed by atoms with van der Waals surface area (Å²) in [7, 11) is 0. The van der Waals surface area contributed by atoms with Gasteiger partial charge in [0.25, 0.3) is 0 Å². The summed E-state index contributed by atoms with van der Waals surface area (Å²) in [5, 5.41) is 19.6. The Morgan fingerprint density at radius 1 is 1.10 bits per heavy atom. The van der Waals surface area contributed by atoms with Crippen molar-refractivity contribution in [2.45, 2.75) is 13.3 Å². The molecule has 0 rings (SSSR count). The first-order valence-corrected chi connectivity index (χ1v) is 6.65. The number of carboxylic acids is 1. The topological polar surface area (TPSA) is 114 Å². The molecule has 0 heterocycles. The van der Waals surface area contributed by atoms with Crippen molar-refractivity contribution < 1.29 is 34.0 Å². The van der Waals surface area contributed by atoms with Crippen LogP contribution in [-0.2, 0) is 19.0 Å². The summed E-state index contributed by atoms with van der Waals surface area (Å²) in [5.41, 5.74) is 0.238. The van der Waals surface area contributed by atoms with Gasteiger partial charge in [0.15, 0.2) is 0 Å². The van der Waals surface area contributed by atoms with Crippen molar-refractivity contribution in [2.24, 2.45) is 0 Å². The number of carbonyl (C=O) groups excluding carboxylic acids is 1. The van der Waals surface area contributed by atoms with Crippen molar-refractivity contribution in [3.05, 3.63) is 11.6 Å². The first kappa shape index (κ1) is 19.4. The van der Waals surface area contributed by atoms with E-state index in [2.05, 4.69) is 5.32 Å². The maximum absolute atomic E-state index is 11.2. The van der Waals surface area contributed by atoms with Crippen molar-refractivity contribution in [2.75, 3.05) is 46.2 Å². The number of carbonyl (C=O) groups is 2. The average molecular weight is 305 g/mol. The second-order valence-corrected chi connectivity index (χ2v) is 3.99. The third-order valence-electron chi connectivity index (χ3n) is 2.27. The second-order valence-electron chi connectivity index (χ2n) is 3.99. The van der Waals surface area contributed by atoms with Gasteiger partial charge in [-0.25, -0.2) is 9.59 Å². The van der Waals surface area contributed by atoms with Crippen LogP contribution in [0.5, 0.6) is 0 Å². The molecule has 8 heteroatoms. The Bertz CT molecular complexity index is 330. The third kappa shape index (κ3) is 13.1. The van der Waals surface area contributed by atoms with Crippen LogP contribution in [0.1, 0.15) is 13.3 Å². The van der Waals surface area contributed by atoms with Crippen LogP contribution < -0.4 is 5.32 Å². The van der Waals surface area contributed by atoms with Gasteiger partial charge in [-0.1, -0.05) is 6.08 Å². The number of aliphatic hydroxyl groups excluding tert-OH is 1. The smallest absolute Gasteiger partial charge is 0.407 e. The molecular weight excluding hydrogens is 282 g/mol. The lowest BCUT2D eigenvalue weighted by Gasteiger charge is -2.07. The predicted octanol–water partition coefficient (Wildman–Crippen LogP) is 0.159. The van der Waals surface area contributed by atoms with Gasteiger partial charge in [0.1, 0.15) is 6.61 Å². The van der Waals surface area contributed by atoms with Crippen molar-refractivity contribution in [3.63, 3.8) is 0 Å². The van der Waals surface area contributed by atoms with Gasteiger partial charge < -0.3 is 29.7 Å². The number of nitrogens with one attached hydrogen (secondary N) is 1. The van der Waals surface area contributed by atoms with E-state index < -0.39 is 12.1 Å². The summed E-state index contributed by atoms with van der Waals surface area (Å²) in [5.74, 6) is -0.974. The molecule has 0 radical (unpaired) electrons. The van der Waals surface area contributed by atoms with Gasteiger partial charge in [-0.15, -0.1) is 0 Å². The minimum Gasteiger partial charge on any atom is -0.478 e. The molecule has 0 aromatic heterocycles. The Morgan fingerprint density at radius 2 is 1.71 bits per heavy atom. The minimum atomic E-state index is -0.974. The van der Waals surface area contributed by atoms with E-state index in [1.807, 2.05) is 0 Å². The molecule has 0 saturated heterocycles. The predicted molar refractivity (Wildman–Crippen MR) is 74.1 cm³/mol. The van der Waals surface area contributed by atoms with Crippen LogP contribution in [0.2, 0.25) is 0 Å². The highest BCUT2D eigenvalue weighted by molar-refractivity contribution is 5.85. The van der Waals surface area contributed by atoms with E-state index in [9.17, 15) is 9.59 Å².